The summed E-state index contributed by atoms with van der Waals surface area (Å²) in [4.78, 5) is 10.6. The second-order valence-electron chi connectivity index (χ2n) is 2.88. The molecule has 1 N–H and O–H groups in total. The molecule has 0 unspecified atom stereocenters. The highest BCUT2D eigenvalue weighted by molar-refractivity contribution is 9.09. The molecule has 96 valence electrons. The van der Waals surface area contributed by atoms with E-state index in [1.54, 1.807) is 0 Å². The Hall–Kier alpha value is -0.280. The van der Waals surface area contributed by atoms with E-state index < -0.39 is 21.3 Å². The number of ether oxygens (including phenoxy) is 1. The standard InChI is InChI=1S/C7H11BrF2O5S/c8-4-2-1-3-5-15-6(11)7(9,10)16(12,13)14/h1-5H2,(H,12,13,14). The molecule has 0 saturated carbocycles. The zero-order chi connectivity index (χ0) is 12.8. The van der Waals surface area contributed by atoms with Crippen LogP contribution in [0, 0.1) is 0 Å². The van der Waals surface area contributed by atoms with Crippen molar-refractivity contribution in [1.29, 1.82) is 0 Å². The Morgan fingerprint density at radius 3 is 2.31 bits per heavy atom. The Morgan fingerprint density at radius 1 is 1.31 bits per heavy atom. The molecule has 0 spiro atoms. The Morgan fingerprint density at radius 2 is 1.88 bits per heavy atom. The molecule has 0 aliphatic heterocycles. The topological polar surface area (TPSA) is 80.7 Å². The number of rotatable bonds is 7. The quantitative estimate of drug-likeness (QED) is 0.333. The molecule has 5 nitrogen and oxygen atoms in total. The third-order valence-corrected chi connectivity index (χ3v) is 2.95. The molecule has 9 heteroatoms. The van der Waals surface area contributed by atoms with Crippen LogP contribution in [0.1, 0.15) is 19.3 Å². The van der Waals surface area contributed by atoms with Crippen molar-refractivity contribution in [2.45, 2.75) is 24.5 Å². The SMILES string of the molecule is O=C(OCCCCCBr)C(F)(F)S(=O)(=O)O. The van der Waals surface area contributed by atoms with E-state index >= 15 is 0 Å². The van der Waals surface area contributed by atoms with Gasteiger partial charge in [0.15, 0.2) is 0 Å². The fourth-order valence-electron chi connectivity index (χ4n) is 0.728. The van der Waals surface area contributed by atoms with Crippen LogP contribution in [-0.2, 0) is 19.6 Å². The Kier molecular flexibility index (Phi) is 6.34. The van der Waals surface area contributed by atoms with Crippen LogP contribution in [0.5, 0.6) is 0 Å². The molecule has 0 radical (unpaired) electrons. The van der Waals surface area contributed by atoms with E-state index in [0.717, 1.165) is 11.8 Å². The van der Waals surface area contributed by atoms with Crippen molar-refractivity contribution in [2.24, 2.45) is 0 Å². The van der Waals surface area contributed by atoms with Crippen molar-refractivity contribution in [1.82, 2.24) is 0 Å². The Balaban J connectivity index is 4.08. The van der Waals surface area contributed by atoms with Crippen LogP contribution in [0.4, 0.5) is 8.78 Å². The highest BCUT2D eigenvalue weighted by Gasteiger charge is 2.54. The molecule has 0 heterocycles. The summed E-state index contributed by atoms with van der Waals surface area (Å²) in [5, 5.41) is -4.16. The van der Waals surface area contributed by atoms with Gasteiger partial charge in [-0.05, 0) is 19.3 Å². The summed E-state index contributed by atoms with van der Waals surface area (Å²) < 4.78 is 57.5. The minimum atomic E-state index is -5.76. The normalized spacial score (nSPS) is 12.5. The molecule has 0 aliphatic carbocycles. The molecule has 0 aromatic rings. The first-order valence-corrected chi connectivity index (χ1v) is 6.87. The van der Waals surface area contributed by atoms with Gasteiger partial charge in [0.05, 0.1) is 6.61 Å². The fraction of sp³-hybridized carbons (Fsp3) is 0.857. The lowest BCUT2D eigenvalue weighted by Gasteiger charge is -2.11. The van der Waals surface area contributed by atoms with Crippen molar-refractivity contribution in [2.75, 3.05) is 11.9 Å². The molecular weight excluding hydrogens is 314 g/mol. The zero-order valence-electron chi connectivity index (χ0n) is 8.16. The summed E-state index contributed by atoms with van der Waals surface area (Å²) in [7, 11) is -5.76. The second kappa shape index (κ2) is 6.45. The van der Waals surface area contributed by atoms with Crippen LogP contribution in [-0.4, -0.2) is 36.1 Å². The predicted octanol–water partition coefficient (Wildman–Crippen LogP) is 1.58. The van der Waals surface area contributed by atoms with Crippen LogP contribution in [0.2, 0.25) is 0 Å². The van der Waals surface area contributed by atoms with Crippen molar-refractivity contribution in [3.63, 3.8) is 0 Å². The Bertz CT molecular complexity index is 330. The molecule has 0 aromatic carbocycles. The van der Waals surface area contributed by atoms with E-state index in [-0.39, 0.29) is 6.61 Å². The fourth-order valence-corrected chi connectivity index (χ4v) is 1.39. The van der Waals surface area contributed by atoms with E-state index in [2.05, 4.69) is 20.7 Å². The number of alkyl halides is 3. The lowest BCUT2D eigenvalue weighted by Crippen LogP contribution is -2.39. The number of carbonyl (C=O) groups is 1. The summed E-state index contributed by atoms with van der Waals surface area (Å²) in [6.45, 7) is -0.309. The smallest absolute Gasteiger partial charge is 0.460 e. The van der Waals surface area contributed by atoms with Gasteiger partial charge in [-0.15, -0.1) is 0 Å². The van der Waals surface area contributed by atoms with Gasteiger partial charge >= 0.3 is 21.3 Å². The van der Waals surface area contributed by atoms with Gasteiger partial charge in [0.1, 0.15) is 0 Å². The minimum absolute atomic E-state index is 0.309. The van der Waals surface area contributed by atoms with Gasteiger partial charge in [-0.25, -0.2) is 4.79 Å². The van der Waals surface area contributed by atoms with Crippen molar-refractivity contribution >= 4 is 32.0 Å². The number of esters is 1. The van der Waals surface area contributed by atoms with Gasteiger partial charge in [-0.1, -0.05) is 15.9 Å². The summed E-state index contributed by atoms with van der Waals surface area (Å²) >= 11 is 3.15. The monoisotopic (exact) mass is 324 g/mol. The number of hydrogen-bond acceptors (Lipinski definition) is 4. The summed E-state index contributed by atoms with van der Waals surface area (Å²) in [5.41, 5.74) is 0. The third-order valence-electron chi connectivity index (χ3n) is 1.57. The maximum absolute atomic E-state index is 12.6. The molecule has 0 atom stereocenters. The molecule has 0 amide bonds. The molecular formula is C7H11BrF2O5S. The van der Waals surface area contributed by atoms with Gasteiger partial charge in [-0.3, -0.25) is 4.55 Å². The van der Waals surface area contributed by atoms with Crippen LogP contribution >= 0.6 is 15.9 Å². The molecule has 0 bridgehead atoms. The zero-order valence-corrected chi connectivity index (χ0v) is 10.6. The maximum Gasteiger partial charge on any atom is 0.465 e. The van der Waals surface area contributed by atoms with Crippen LogP contribution in [0.25, 0.3) is 0 Å². The van der Waals surface area contributed by atoms with Crippen LogP contribution in [0.15, 0.2) is 0 Å². The molecule has 0 fully saturated rings. The number of halogens is 3. The number of unbranched alkanes of at least 4 members (excludes halogenated alkanes) is 2. The average molecular weight is 325 g/mol. The second-order valence-corrected chi connectivity index (χ2v) is 5.13. The average Bonchev–Trinajstić information content (AvgIpc) is 2.15. The molecule has 0 saturated heterocycles. The molecule has 0 aromatic heterocycles. The highest BCUT2D eigenvalue weighted by atomic mass is 79.9. The molecule has 0 aliphatic rings. The van der Waals surface area contributed by atoms with E-state index in [9.17, 15) is 22.0 Å². The van der Waals surface area contributed by atoms with Gasteiger partial charge < -0.3 is 4.74 Å². The summed E-state index contributed by atoms with van der Waals surface area (Å²) in [6.07, 6.45) is 1.78. The van der Waals surface area contributed by atoms with Crippen molar-refractivity contribution in [3.8, 4) is 0 Å². The van der Waals surface area contributed by atoms with Crippen molar-refractivity contribution in [3.05, 3.63) is 0 Å². The number of carbonyl (C=O) groups excluding carboxylic acids is 1. The van der Waals surface area contributed by atoms with E-state index in [4.69, 9.17) is 4.55 Å². The molecule has 16 heavy (non-hydrogen) atoms. The molecule has 0 rings (SSSR count). The van der Waals surface area contributed by atoms with Crippen LogP contribution < -0.4 is 0 Å². The predicted molar refractivity (Wildman–Crippen MR) is 55.1 cm³/mol. The number of hydrogen-bond donors (Lipinski definition) is 1. The van der Waals surface area contributed by atoms with E-state index in [1.807, 2.05) is 0 Å². The summed E-state index contributed by atoms with van der Waals surface area (Å²) in [5.74, 6) is -2.26. The van der Waals surface area contributed by atoms with Gasteiger partial charge in [0.25, 0.3) is 0 Å². The van der Waals surface area contributed by atoms with Crippen molar-refractivity contribution < 1.29 is 31.3 Å². The Labute approximate surface area is 100 Å². The lowest BCUT2D eigenvalue weighted by molar-refractivity contribution is -0.161. The lowest BCUT2D eigenvalue weighted by atomic mass is 10.3. The maximum atomic E-state index is 12.6. The van der Waals surface area contributed by atoms with Gasteiger partial charge in [0.2, 0.25) is 0 Å². The highest BCUT2D eigenvalue weighted by Crippen LogP contribution is 2.22. The first kappa shape index (κ1) is 15.7. The third kappa shape index (κ3) is 4.71. The minimum Gasteiger partial charge on any atom is -0.460 e. The van der Waals surface area contributed by atoms with E-state index in [1.165, 1.54) is 0 Å². The largest absolute Gasteiger partial charge is 0.465 e. The first-order valence-electron chi connectivity index (χ1n) is 4.31. The van der Waals surface area contributed by atoms with Gasteiger partial charge in [-0.2, -0.15) is 17.2 Å². The summed E-state index contributed by atoms with van der Waals surface area (Å²) in [6, 6.07) is 0. The first-order chi connectivity index (χ1) is 7.23. The van der Waals surface area contributed by atoms with E-state index in [0.29, 0.717) is 12.8 Å². The van der Waals surface area contributed by atoms with Gasteiger partial charge in [0, 0.05) is 5.33 Å². The van der Waals surface area contributed by atoms with Crippen LogP contribution in [0.3, 0.4) is 0 Å².